The third-order valence-corrected chi connectivity index (χ3v) is 2.34. The number of hydrogen-bond acceptors (Lipinski definition) is 3. The first-order valence-corrected chi connectivity index (χ1v) is 5.19. The molecule has 0 bridgehead atoms. The fourth-order valence-electron chi connectivity index (χ4n) is 1.40. The lowest BCUT2D eigenvalue weighted by atomic mass is 10.1. The van der Waals surface area contributed by atoms with Crippen LogP contribution in [-0.4, -0.2) is 25.3 Å². The largest absolute Gasteiger partial charge is 0.466 e. The van der Waals surface area contributed by atoms with Crippen molar-refractivity contribution in [1.82, 2.24) is 0 Å². The molecule has 1 rings (SSSR count). The summed E-state index contributed by atoms with van der Waals surface area (Å²) in [7, 11) is 1.37. The van der Waals surface area contributed by atoms with Gasteiger partial charge in [0.25, 0.3) is 0 Å². The van der Waals surface area contributed by atoms with Crippen LogP contribution in [0.1, 0.15) is 32.6 Å². The Balaban J connectivity index is 2.07. The lowest BCUT2D eigenvalue weighted by Crippen LogP contribution is -1.96. The molecule has 2 unspecified atom stereocenters. The first kappa shape index (κ1) is 11.2. The zero-order valence-corrected chi connectivity index (χ0v) is 8.86. The summed E-state index contributed by atoms with van der Waals surface area (Å²) in [5.74, 6) is -0.312. The number of unbranched alkanes of at least 4 members (excludes halogenated alkanes) is 2. The SMILES string of the molecule is CCCCCC1OC1/C=C/C(=O)OC. The minimum absolute atomic E-state index is 0.144. The van der Waals surface area contributed by atoms with E-state index >= 15 is 0 Å². The van der Waals surface area contributed by atoms with Gasteiger partial charge in [0.2, 0.25) is 0 Å². The van der Waals surface area contributed by atoms with Gasteiger partial charge < -0.3 is 9.47 Å². The lowest BCUT2D eigenvalue weighted by molar-refractivity contribution is -0.134. The molecule has 0 aliphatic carbocycles. The van der Waals surface area contributed by atoms with Crippen molar-refractivity contribution < 1.29 is 14.3 Å². The van der Waals surface area contributed by atoms with E-state index in [4.69, 9.17) is 4.74 Å². The molecule has 0 amide bonds. The maximum Gasteiger partial charge on any atom is 0.330 e. The first-order chi connectivity index (χ1) is 6.77. The molecule has 3 nitrogen and oxygen atoms in total. The van der Waals surface area contributed by atoms with E-state index in [0.717, 1.165) is 6.42 Å². The number of hydrogen-bond donors (Lipinski definition) is 0. The molecule has 14 heavy (non-hydrogen) atoms. The molecule has 0 radical (unpaired) electrons. The Morgan fingerprint density at radius 1 is 1.50 bits per heavy atom. The summed E-state index contributed by atoms with van der Waals surface area (Å²) in [5, 5.41) is 0. The standard InChI is InChI=1S/C11H18O3/c1-3-4-5-6-9-10(14-9)7-8-11(12)13-2/h7-10H,3-6H2,1-2H3/b8-7+. The Morgan fingerprint density at radius 2 is 2.29 bits per heavy atom. The fraction of sp³-hybridized carbons (Fsp3) is 0.727. The Bertz CT molecular complexity index is 211. The number of ether oxygens (including phenoxy) is 2. The number of carbonyl (C=O) groups is 1. The monoisotopic (exact) mass is 198 g/mol. The van der Waals surface area contributed by atoms with E-state index in [-0.39, 0.29) is 12.1 Å². The minimum atomic E-state index is -0.312. The van der Waals surface area contributed by atoms with Gasteiger partial charge in [0.1, 0.15) is 6.10 Å². The first-order valence-electron chi connectivity index (χ1n) is 5.19. The Kier molecular flexibility index (Phi) is 4.66. The molecule has 1 aliphatic rings. The van der Waals surface area contributed by atoms with Gasteiger partial charge in [0, 0.05) is 6.08 Å². The van der Waals surface area contributed by atoms with Crippen LogP contribution in [0.5, 0.6) is 0 Å². The van der Waals surface area contributed by atoms with Crippen molar-refractivity contribution in [2.45, 2.75) is 44.8 Å². The molecule has 0 aromatic heterocycles. The smallest absolute Gasteiger partial charge is 0.330 e. The second-order valence-electron chi connectivity index (χ2n) is 3.52. The maximum absolute atomic E-state index is 10.7. The topological polar surface area (TPSA) is 38.8 Å². The zero-order valence-electron chi connectivity index (χ0n) is 8.86. The van der Waals surface area contributed by atoms with Gasteiger partial charge >= 0.3 is 5.97 Å². The van der Waals surface area contributed by atoms with Gasteiger partial charge in [-0.05, 0) is 12.5 Å². The van der Waals surface area contributed by atoms with E-state index in [0.29, 0.717) is 6.10 Å². The Hall–Kier alpha value is -0.830. The molecule has 0 spiro atoms. The normalized spacial score (nSPS) is 25.3. The second kappa shape index (κ2) is 5.81. The molecule has 1 fully saturated rings. The molecular formula is C11H18O3. The van der Waals surface area contributed by atoms with Crippen LogP contribution in [-0.2, 0) is 14.3 Å². The lowest BCUT2D eigenvalue weighted by Gasteiger charge is -1.92. The molecule has 80 valence electrons. The average Bonchev–Trinajstić information content (AvgIpc) is 2.94. The van der Waals surface area contributed by atoms with Crippen molar-refractivity contribution in [2.24, 2.45) is 0 Å². The quantitative estimate of drug-likeness (QED) is 0.284. The van der Waals surface area contributed by atoms with Crippen molar-refractivity contribution >= 4 is 5.97 Å². The third kappa shape index (κ3) is 3.92. The molecule has 0 aromatic carbocycles. The van der Waals surface area contributed by atoms with Gasteiger partial charge in [-0.1, -0.05) is 26.2 Å². The molecule has 1 heterocycles. The van der Waals surface area contributed by atoms with Gasteiger partial charge in [-0.3, -0.25) is 0 Å². The zero-order chi connectivity index (χ0) is 10.4. The summed E-state index contributed by atoms with van der Waals surface area (Å²) in [4.78, 5) is 10.7. The van der Waals surface area contributed by atoms with Gasteiger partial charge in [-0.15, -0.1) is 0 Å². The molecule has 1 saturated heterocycles. The Morgan fingerprint density at radius 3 is 2.93 bits per heavy atom. The van der Waals surface area contributed by atoms with Crippen molar-refractivity contribution in [2.75, 3.05) is 7.11 Å². The van der Waals surface area contributed by atoms with Crippen LogP contribution in [0, 0.1) is 0 Å². The van der Waals surface area contributed by atoms with Crippen LogP contribution < -0.4 is 0 Å². The van der Waals surface area contributed by atoms with E-state index in [9.17, 15) is 4.79 Å². The summed E-state index contributed by atoms with van der Waals surface area (Å²) >= 11 is 0. The number of methoxy groups -OCH3 is 1. The highest BCUT2D eigenvalue weighted by Crippen LogP contribution is 2.28. The molecule has 3 heteroatoms. The minimum Gasteiger partial charge on any atom is -0.466 e. The third-order valence-electron chi connectivity index (χ3n) is 2.34. The van der Waals surface area contributed by atoms with Crippen LogP contribution >= 0.6 is 0 Å². The van der Waals surface area contributed by atoms with E-state index in [2.05, 4.69) is 11.7 Å². The van der Waals surface area contributed by atoms with Crippen molar-refractivity contribution in [3.05, 3.63) is 12.2 Å². The predicted octanol–water partition coefficient (Wildman–Crippen LogP) is 2.06. The molecular weight excluding hydrogens is 180 g/mol. The number of carbonyl (C=O) groups excluding carboxylic acids is 1. The van der Waals surface area contributed by atoms with Crippen molar-refractivity contribution in [1.29, 1.82) is 0 Å². The van der Waals surface area contributed by atoms with Crippen molar-refractivity contribution in [3.8, 4) is 0 Å². The average molecular weight is 198 g/mol. The Labute approximate surface area is 85.1 Å². The number of esters is 1. The van der Waals surface area contributed by atoms with E-state index < -0.39 is 0 Å². The molecule has 0 aromatic rings. The van der Waals surface area contributed by atoms with Crippen molar-refractivity contribution in [3.63, 3.8) is 0 Å². The number of epoxide rings is 1. The highest BCUT2D eigenvalue weighted by Gasteiger charge is 2.35. The van der Waals surface area contributed by atoms with Crippen LogP contribution in [0.2, 0.25) is 0 Å². The summed E-state index contributed by atoms with van der Waals surface area (Å²) in [6, 6.07) is 0. The van der Waals surface area contributed by atoms with E-state index in [1.807, 2.05) is 0 Å². The molecule has 1 aliphatic heterocycles. The van der Waals surface area contributed by atoms with Gasteiger partial charge in [-0.25, -0.2) is 4.79 Å². The second-order valence-corrected chi connectivity index (χ2v) is 3.52. The summed E-state index contributed by atoms with van der Waals surface area (Å²) in [5.41, 5.74) is 0. The maximum atomic E-state index is 10.7. The molecule has 0 N–H and O–H groups in total. The molecule has 0 saturated carbocycles. The number of rotatable bonds is 6. The predicted molar refractivity (Wildman–Crippen MR) is 54.0 cm³/mol. The molecule has 2 atom stereocenters. The summed E-state index contributed by atoms with van der Waals surface area (Å²) < 4.78 is 9.84. The van der Waals surface area contributed by atoms with Gasteiger partial charge in [-0.2, -0.15) is 0 Å². The van der Waals surface area contributed by atoms with E-state index in [1.165, 1.54) is 32.4 Å². The fourth-order valence-corrected chi connectivity index (χ4v) is 1.40. The van der Waals surface area contributed by atoms with Crippen LogP contribution in [0.25, 0.3) is 0 Å². The van der Waals surface area contributed by atoms with Crippen LogP contribution in [0.4, 0.5) is 0 Å². The van der Waals surface area contributed by atoms with Crippen LogP contribution in [0.3, 0.4) is 0 Å². The van der Waals surface area contributed by atoms with E-state index in [1.54, 1.807) is 6.08 Å². The highest BCUT2D eigenvalue weighted by molar-refractivity contribution is 5.81. The van der Waals surface area contributed by atoms with Gasteiger partial charge in [0.15, 0.2) is 0 Å². The summed E-state index contributed by atoms with van der Waals surface area (Å²) in [6.07, 6.45) is 8.50. The highest BCUT2D eigenvalue weighted by atomic mass is 16.6. The van der Waals surface area contributed by atoms with Gasteiger partial charge in [0.05, 0.1) is 13.2 Å². The summed E-state index contributed by atoms with van der Waals surface area (Å²) in [6.45, 7) is 2.18. The van der Waals surface area contributed by atoms with Crippen LogP contribution in [0.15, 0.2) is 12.2 Å².